The SMILES string of the molecule is CCOC(=O)CCCCC(C=Cc1ccccc1OCc1cc(C)n(-c2cc(Cl)cc(Cl)c2)n1)Cc1ccc(C(=O)OCC)cc1. The first-order chi connectivity index (χ1) is 22.2. The number of aryl methyl sites for hydroxylation is 1. The third kappa shape index (κ3) is 10.5. The standard InChI is InChI=1S/C37H40Cl2N2O5/c1-4-44-36(42)13-9-6-10-27(21-28-15-18-30(19-16-28)37(43)45-5-2)14-17-29-11-7-8-12-35(29)46-25-33-20-26(3)41(40-33)34-23-31(38)22-32(39)24-34/h7-8,11-12,14-20,22-24,27H,4-6,9-10,13,21,25H2,1-3H3. The molecule has 0 aliphatic heterocycles. The van der Waals surface area contributed by atoms with Crippen LogP contribution >= 0.6 is 23.2 Å². The van der Waals surface area contributed by atoms with Crippen LogP contribution in [0.5, 0.6) is 5.75 Å². The quantitative estimate of drug-likeness (QED) is 0.0879. The smallest absolute Gasteiger partial charge is 0.338 e. The van der Waals surface area contributed by atoms with Crippen molar-refractivity contribution in [2.24, 2.45) is 5.92 Å². The molecule has 1 heterocycles. The number of carbonyl (C=O) groups excluding carboxylic acids is 2. The summed E-state index contributed by atoms with van der Waals surface area (Å²) in [7, 11) is 0. The molecule has 242 valence electrons. The van der Waals surface area contributed by atoms with Gasteiger partial charge in [-0.15, -0.1) is 0 Å². The lowest BCUT2D eigenvalue weighted by atomic mass is 9.92. The average molecular weight is 664 g/mol. The summed E-state index contributed by atoms with van der Waals surface area (Å²) in [6, 6.07) is 22.8. The third-order valence-electron chi connectivity index (χ3n) is 7.35. The van der Waals surface area contributed by atoms with Crippen molar-refractivity contribution in [3.8, 4) is 11.4 Å². The van der Waals surface area contributed by atoms with Gasteiger partial charge in [-0.3, -0.25) is 4.79 Å². The van der Waals surface area contributed by atoms with Crippen molar-refractivity contribution >= 4 is 41.2 Å². The van der Waals surface area contributed by atoms with E-state index in [2.05, 4.69) is 12.2 Å². The highest BCUT2D eigenvalue weighted by Crippen LogP contribution is 2.26. The van der Waals surface area contributed by atoms with Crippen molar-refractivity contribution in [2.75, 3.05) is 13.2 Å². The van der Waals surface area contributed by atoms with Crippen molar-refractivity contribution in [2.45, 2.75) is 59.5 Å². The molecule has 0 aliphatic rings. The van der Waals surface area contributed by atoms with E-state index in [0.29, 0.717) is 35.2 Å². The number of halogens is 2. The third-order valence-corrected chi connectivity index (χ3v) is 7.78. The maximum atomic E-state index is 12.1. The molecule has 4 rings (SSSR count). The summed E-state index contributed by atoms with van der Waals surface area (Å²) in [5.74, 6) is 0.464. The Morgan fingerprint density at radius 1 is 0.913 bits per heavy atom. The Labute approximate surface area is 281 Å². The van der Waals surface area contributed by atoms with E-state index in [9.17, 15) is 9.59 Å². The number of ether oxygens (including phenoxy) is 3. The summed E-state index contributed by atoms with van der Waals surface area (Å²) in [6.45, 7) is 6.61. The number of rotatable bonds is 16. The lowest BCUT2D eigenvalue weighted by molar-refractivity contribution is -0.143. The number of esters is 2. The van der Waals surface area contributed by atoms with Gasteiger partial charge in [0, 0.05) is 27.7 Å². The number of aromatic nitrogens is 2. The van der Waals surface area contributed by atoms with Gasteiger partial charge in [-0.2, -0.15) is 5.10 Å². The summed E-state index contributed by atoms with van der Waals surface area (Å²) in [4.78, 5) is 23.9. The van der Waals surface area contributed by atoms with E-state index in [1.807, 2.05) is 80.6 Å². The molecule has 1 unspecified atom stereocenters. The Balaban J connectivity index is 1.46. The zero-order chi connectivity index (χ0) is 32.9. The van der Waals surface area contributed by atoms with Crippen molar-refractivity contribution in [1.29, 1.82) is 0 Å². The lowest BCUT2D eigenvalue weighted by Gasteiger charge is -2.14. The topological polar surface area (TPSA) is 79.7 Å². The highest BCUT2D eigenvalue weighted by atomic mass is 35.5. The van der Waals surface area contributed by atoms with Gasteiger partial charge >= 0.3 is 11.9 Å². The number of allylic oxidation sites excluding steroid dienone is 1. The highest BCUT2D eigenvalue weighted by molar-refractivity contribution is 6.34. The molecule has 46 heavy (non-hydrogen) atoms. The van der Waals surface area contributed by atoms with Crippen LogP contribution in [0.2, 0.25) is 10.0 Å². The Kier molecular flexibility index (Phi) is 13.3. The number of hydrogen-bond acceptors (Lipinski definition) is 6. The van der Waals surface area contributed by atoms with E-state index >= 15 is 0 Å². The zero-order valence-corrected chi connectivity index (χ0v) is 28.0. The molecule has 0 N–H and O–H groups in total. The van der Waals surface area contributed by atoms with E-state index < -0.39 is 0 Å². The first kappa shape index (κ1) is 34.8. The molecule has 0 saturated heterocycles. The van der Waals surface area contributed by atoms with E-state index in [-0.39, 0.29) is 24.5 Å². The second kappa shape index (κ2) is 17.6. The molecule has 0 bridgehead atoms. The molecule has 0 saturated carbocycles. The minimum absolute atomic E-state index is 0.161. The van der Waals surface area contributed by atoms with Gasteiger partial charge < -0.3 is 14.2 Å². The number of unbranched alkanes of at least 4 members (excludes halogenated alkanes) is 1. The number of nitrogens with zero attached hydrogens (tertiary/aromatic N) is 2. The molecule has 0 aliphatic carbocycles. The fourth-order valence-corrected chi connectivity index (χ4v) is 5.66. The lowest BCUT2D eigenvalue weighted by Crippen LogP contribution is -2.06. The van der Waals surface area contributed by atoms with Crippen LogP contribution < -0.4 is 4.74 Å². The molecule has 1 aromatic heterocycles. The van der Waals surface area contributed by atoms with Gasteiger partial charge in [0.25, 0.3) is 0 Å². The molecule has 0 spiro atoms. The van der Waals surface area contributed by atoms with E-state index in [1.54, 1.807) is 17.7 Å². The minimum Gasteiger partial charge on any atom is -0.487 e. The molecule has 3 aromatic carbocycles. The van der Waals surface area contributed by atoms with Gasteiger partial charge in [0.15, 0.2) is 0 Å². The first-order valence-electron chi connectivity index (χ1n) is 15.6. The Bertz CT molecular complexity index is 1610. The number of hydrogen-bond donors (Lipinski definition) is 0. The van der Waals surface area contributed by atoms with Crippen molar-refractivity contribution in [3.63, 3.8) is 0 Å². The van der Waals surface area contributed by atoms with Gasteiger partial charge in [-0.1, -0.05) is 72.1 Å². The highest BCUT2D eigenvalue weighted by Gasteiger charge is 2.13. The summed E-state index contributed by atoms with van der Waals surface area (Å²) < 4.78 is 18.3. The zero-order valence-electron chi connectivity index (χ0n) is 26.5. The van der Waals surface area contributed by atoms with Crippen LogP contribution in [0.25, 0.3) is 11.8 Å². The number of benzene rings is 3. The van der Waals surface area contributed by atoms with Crippen LogP contribution in [0.1, 0.15) is 72.4 Å². The van der Waals surface area contributed by atoms with Gasteiger partial charge in [-0.05, 0) is 94.0 Å². The van der Waals surface area contributed by atoms with Gasteiger partial charge in [-0.25, -0.2) is 9.48 Å². The molecule has 0 amide bonds. The fourth-order valence-electron chi connectivity index (χ4n) is 5.14. The minimum atomic E-state index is -0.322. The first-order valence-corrected chi connectivity index (χ1v) is 16.3. The fraction of sp³-hybridized carbons (Fsp3) is 0.324. The Morgan fingerprint density at radius 2 is 1.63 bits per heavy atom. The largest absolute Gasteiger partial charge is 0.487 e. The average Bonchev–Trinajstić information content (AvgIpc) is 3.41. The van der Waals surface area contributed by atoms with Crippen LogP contribution in [0.3, 0.4) is 0 Å². The summed E-state index contributed by atoms with van der Waals surface area (Å²) in [5.41, 5.74) is 5.10. The van der Waals surface area contributed by atoms with Gasteiger partial charge in [0.1, 0.15) is 18.1 Å². The maximum absolute atomic E-state index is 12.1. The number of carbonyl (C=O) groups is 2. The van der Waals surface area contributed by atoms with Crippen molar-refractivity contribution < 1.29 is 23.8 Å². The Morgan fingerprint density at radius 3 is 2.35 bits per heavy atom. The van der Waals surface area contributed by atoms with Crippen molar-refractivity contribution in [1.82, 2.24) is 9.78 Å². The number of para-hydroxylation sites is 1. The monoisotopic (exact) mass is 662 g/mol. The molecule has 9 heteroatoms. The molecule has 0 fully saturated rings. The second-order valence-corrected chi connectivity index (χ2v) is 11.8. The van der Waals surface area contributed by atoms with Crippen LogP contribution in [0.15, 0.2) is 78.9 Å². The van der Waals surface area contributed by atoms with Gasteiger partial charge in [0.2, 0.25) is 0 Å². The molecule has 4 aromatic rings. The molecular weight excluding hydrogens is 623 g/mol. The van der Waals surface area contributed by atoms with E-state index in [0.717, 1.165) is 59.6 Å². The predicted molar refractivity (Wildman–Crippen MR) is 183 cm³/mol. The van der Waals surface area contributed by atoms with Crippen LogP contribution in [0.4, 0.5) is 0 Å². The Hall–Kier alpha value is -4.07. The summed E-state index contributed by atoms with van der Waals surface area (Å²) in [6.07, 6.45) is 8.03. The van der Waals surface area contributed by atoms with E-state index in [4.69, 9.17) is 42.5 Å². The summed E-state index contributed by atoms with van der Waals surface area (Å²) >= 11 is 12.4. The summed E-state index contributed by atoms with van der Waals surface area (Å²) in [5, 5.41) is 5.80. The maximum Gasteiger partial charge on any atom is 0.338 e. The molecule has 0 radical (unpaired) electrons. The van der Waals surface area contributed by atoms with Crippen LogP contribution in [-0.4, -0.2) is 34.9 Å². The van der Waals surface area contributed by atoms with Crippen LogP contribution in [-0.2, 0) is 27.3 Å². The second-order valence-electron chi connectivity index (χ2n) is 10.9. The molecule has 7 nitrogen and oxygen atoms in total. The molecular formula is C37H40Cl2N2O5. The molecule has 1 atom stereocenters. The predicted octanol–water partition coefficient (Wildman–Crippen LogP) is 9.24. The van der Waals surface area contributed by atoms with Crippen LogP contribution in [0, 0.1) is 12.8 Å². The normalized spacial score (nSPS) is 11.8. The van der Waals surface area contributed by atoms with E-state index in [1.165, 1.54) is 0 Å². The van der Waals surface area contributed by atoms with Gasteiger partial charge in [0.05, 0.1) is 24.5 Å². The van der Waals surface area contributed by atoms with Crippen molar-refractivity contribution in [3.05, 3.63) is 117 Å².